The molecular weight excluding hydrogens is 564 g/mol. The third kappa shape index (κ3) is 27.0. The van der Waals surface area contributed by atoms with Gasteiger partial charge in [0.05, 0.1) is 18.8 Å². The summed E-state index contributed by atoms with van der Waals surface area (Å²) in [5.74, 6) is -0.630. The van der Waals surface area contributed by atoms with Crippen LogP contribution in [0.25, 0.3) is 0 Å². The lowest BCUT2D eigenvalue weighted by molar-refractivity contribution is -0.161. The molecular formula is C39H68O6. The Hall–Kier alpha value is -1.92. The summed E-state index contributed by atoms with van der Waals surface area (Å²) in [4.78, 5) is 24.2. The molecule has 1 rings (SSSR count). The lowest BCUT2D eigenvalue weighted by atomic mass is 10.1. The number of epoxide rings is 1. The van der Waals surface area contributed by atoms with Crippen LogP contribution in [0.2, 0.25) is 0 Å². The number of unbranched alkanes of at least 4 members (excludes halogenated alkanes) is 15. The molecule has 6 heteroatoms. The van der Waals surface area contributed by atoms with E-state index in [-0.39, 0.29) is 25.2 Å². The Labute approximate surface area is 276 Å². The zero-order valence-corrected chi connectivity index (χ0v) is 29.1. The molecule has 0 aromatic rings. The van der Waals surface area contributed by atoms with E-state index in [1.165, 1.54) is 70.6 Å². The van der Waals surface area contributed by atoms with Gasteiger partial charge in [-0.2, -0.15) is 0 Å². The van der Waals surface area contributed by atoms with E-state index in [1.807, 2.05) is 0 Å². The average molecular weight is 633 g/mol. The van der Waals surface area contributed by atoms with Gasteiger partial charge in [0.15, 0.2) is 6.10 Å². The second-order valence-electron chi connectivity index (χ2n) is 12.7. The summed E-state index contributed by atoms with van der Waals surface area (Å²) < 4.78 is 16.3. The zero-order valence-electron chi connectivity index (χ0n) is 29.1. The van der Waals surface area contributed by atoms with Crippen LogP contribution in [0.1, 0.15) is 168 Å². The minimum atomic E-state index is -0.787. The van der Waals surface area contributed by atoms with Crippen molar-refractivity contribution in [1.82, 2.24) is 0 Å². The Morgan fingerprint density at radius 1 is 0.644 bits per heavy atom. The zero-order chi connectivity index (χ0) is 32.6. The van der Waals surface area contributed by atoms with Gasteiger partial charge in [-0.3, -0.25) is 9.59 Å². The molecule has 1 saturated heterocycles. The molecule has 0 amide bonds. The van der Waals surface area contributed by atoms with Crippen LogP contribution in [0.4, 0.5) is 0 Å². The highest BCUT2D eigenvalue weighted by molar-refractivity contribution is 5.70. The summed E-state index contributed by atoms with van der Waals surface area (Å²) in [6.45, 7) is 4.04. The van der Waals surface area contributed by atoms with Gasteiger partial charge in [0.25, 0.3) is 0 Å². The van der Waals surface area contributed by atoms with Gasteiger partial charge < -0.3 is 19.3 Å². The van der Waals surface area contributed by atoms with Crippen molar-refractivity contribution in [3.05, 3.63) is 36.5 Å². The van der Waals surface area contributed by atoms with Gasteiger partial charge in [0, 0.05) is 12.8 Å². The average Bonchev–Trinajstić information content (AvgIpc) is 3.79. The van der Waals surface area contributed by atoms with Crippen LogP contribution >= 0.6 is 0 Å². The Morgan fingerprint density at radius 3 is 1.80 bits per heavy atom. The summed E-state index contributed by atoms with van der Waals surface area (Å²) in [6, 6.07) is 0. The molecule has 2 unspecified atom stereocenters. The molecule has 0 radical (unpaired) electrons. The summed E-state index contributed by atoms with van der Waals surface area (Å²) in [5.41, 5.74) is 0. The quantitative estimate of drug-likeness (QED) is 0.0344. The Kier molecular flexibility index (Phi) is 28.1. The Balaban J connectivity index is 1.90. The lowest BCUT2D eigenvalue weighted by Gasteiger charge is -2.15. The summed E-state index contributed by atoms with van der Waals surface area (Å²) >= 11 is 0. The van der Waals surface area contributed by atoms with Crippen molar-refractivity contribution < 1.29 is 28.9 Å². The van der Waals surface area contributed by atoms with Gasteiger partial charge in [0.1, 0.15) is 6.61 Å². The van der Waals surface area contributed by atoms with E-state index >= 15 is 0 Å². The lowest BCUT2D eigenvalue weighted by Crippen LogP contribution is -2.28. The molecule has 1 heterocycles. The predicted molar refractivity (Wildman–Crippen MR) is 186 cm³/mol. The first-order valence-electron chi connectivity index (χ1n) is 18.7. The molecule has 45 heavy (non-hydrogen) atoms. The molecule has 3 atom stereocenters. The SMILES string of the molecule is CCCCC/C=C\C/C=C\CCCCCCCC(=O)OC[C@H](CO)OC(=O)CCCCCCC/C=C/CC1OC1CCCCC. The molecule has 0 bridgehead atoms. The fourth-order valence-corrected chi connectivity index (χ4v) is 5.35. The molecule has 6 nitrogen and oxygen atoms in total. The van der Waals surface area contributed by atoms with Crippen molar-refractivity contribution in [2.24, 2.45) is 0 Å². The maximum atomic E-state index is 12.1. The molecule has 1 aliphatic heterocycles. The first-order chi connectivity index (χ1) is 22.1. The van der Waals surface area contributed by atoms with E-state index in [4.69, 9.17) is 14.2 Å². The summed E-state index contributed by atoms with van der Waals surface area (Å²) in [6.07, 6.45) is 39.4. The van der Waals surface area contributed by atoms with Crippen molar-refractivity contribution in [2.75, 3.05) is 13.2 Å². The molecule has 1 aliphatic rings. The Bertz CT molecular complexity index is 788. The number of ether oxygens (including phenoxy) is 3. The number of rotatable bonds is 32. The van der Waals surface area contributed by atoms with Crippen LogP contribution < -0.4 is 0 Å². The van der Waals surface area contributed by atoms with Crippen LogP contribution in [0.3, 0.4) is 0 Å². The highest BCUT2D eigenvalue weighted by Crippen LogP contribution is 2.30. The minimum Gasteiger partial charge on any atom is -0.462 e. The number of carbonyl (C=O) groups excluding carboxylic acids is 2. The highest BCUT2D eigenvalue weighted by Gasteiger charge is 2.36. The molecule has 0 aromatic heterocycles. The third-order valence-electron chi connectivity index (χ3n) is 8.33. The molecule has 1 fully saturated rings. The first-order valence-corrected chi connectivity index (χ1v) is 18.7. The van der Waals surface area contributed by atoms with Gasteiger partial charge in [-0.1, -0.05) is 121 Å². The Morgan fingerprint density at radius 2 is 1.18 bits per heavy atom. The van der Waals surface area contributed by atoms with Crippen LogP contribution in [0.15, 0.2) is 36.5 Å². The van der Waals surface area contributed by atoms with E-state index in [0.717, 1.165) is 70.6 Å². The molecule has 260 valence electrons. The number of hydrogen-bond donors (Lipinski definition) is 1. The van der Waals surface area contributed by atoms with E-state index in [2.05, 4.69) is 50.3 Å². The van der Waals surface area contributed by atoms with Gasteiger partial charge in [-0.15, -0.1) is 0 Å². The van der Waals surface area contributed by atoms with E-state index < -0.39 is 6.10 Å². The second-order valence-corrected chi connectivity index (χ2v) is 12.7. The second kappa shape index (κ2) is 30.7. The fourth-order valence-electron chi connectivity index (χ4n) is 5.35. The van der Waals surface area contributed by atoms with Gasteiger partial charge in [-0.05, 0) is 70.6 Å². The van der Waals surface area contributed by atoms with Crippen molar-refractivity contribution in [1.29, 1.82) is 0 Å². The van der Waals surface area contributed by atoms with Crippen LogP contribution in [-0.2, 0) is 23.8 Å². The number of allylic oxidation sites excluding steroid dienone is 5. The molecule has 0 aromatic carbocycles. The third-order valence-corrected chi connectivity index (χ3v) is 8.33. The van der Waals surface area contributed by atoms with Gasteiger partial charge >= 0.3 is 11.9 Å². The van der Waals surface area contributed by atoms with E-state index in [0.29, 0.717) is 25.0 Å². The number of aliphatic hydroxyl groups is 1. The predicted octanol–water partition coefficient (Wildman–Crippen LogP) is 10.3. The smallest absolute Gasteiger partial charge is 0.306 e. The maximum Gasteiger partial charge on any atom is 0.306 e. The molecule has 0 saturated carbocycles. The first kappa shape index (κ1) is 41.1. The number of esters is 2. The van der Waals surface area contributed by atoms with Crippen molar-refractivity contribution in [2.45, 2.75) is 186 Å². The fraction of sp³-hybridized carbons (Fsp3) is 0.795. The van der Waals surface area contributed by atoms with E-state index in [1.54, 1.807) is 0 Å². The van der Waals surface area contributed by atoms with E-state index in [9.17, 15) is 14.7 Å². The largest absolute Gasteiger partial charge is 0.462 e. The number of aliphatic hydroxyl groups excluding tert-OH is 1. The molecule has 1 N–H and O–H groups in total. The highest BCUT2D eigenvalue weighted by atomic mass is 16.6. The monoisotopic (exact) mass is 633 g/mol. The number of hydrogen-bond acceptors (Lipinski definition) is 6. The van der Waals surface area contributed by atoms with Crippen LogP contribution in [-0.4, -0.2) is 48.6 Å². The van der Waals surface area contributed by atoms with Crippen LogP contribution in [0.5, 0.6) is 0 Å². The van der Waals surface area contributed by atoms with Crippen LogP contribution in [0, 0.1) is 0 Å². The molecule has 0 aliphatic carbocycles. The van der Waals surface area contributed by atoms with Gasteiger partial charge in [-0.25, -0.2) is 0 Å². The standard InChI is InChI=1S/C39H68O6/c1-3-5-7-8-9-10-11-12-13-14-15-16-20-23-27-31-38(41)43-34-35(33-40)44-39(42)32-28-24-21-18-17-19-22-26-30-37-36(45-37)29-25-6-4-2/h9-10,12-13,22,26,35-37,40H,3-8,11,14-21,23-25,27-34H2,1-2H3/b10-9-,13-12-,26-22+/t35-,36?,37?/m0/s1. The topological polar surface area (TPSA) is 85.4 Å². The van der Waals surface area contributed by atoms with Crippen molar-refractivity contribution in [3.8, 4) is 0 Å². The van der Waals surface area contributed by atoms with Crippen molar-refractivity contribution in [3.63, 3.8) is 0 Å². The summed E-state index contributed by atoms with van der Waals surface area (Å²) in [7, 11) is 0. The summed E-state index contributed by atoms with van der Waals surface area (Å²) in [5, 5.41) is 9.54. The van der Waals surface area contributed by atoms with Crippen molar-refractivity contribution >= 4 is 11.9 Å². The minimum absolute atomic E-state index is 0.0821. The normalized spacial score (nSPS) is 17.0. The van der Waals surface area contributed by atoms with Gasteiger partial charge in [0.2, 0.25) is 0 Å². The molecule has 0 spiro atoms. The number of carbonyl (C=O) groups is 2. The maximum absolute atomic E-state index is 12.1.